The summed E-state index contributed by atoms with van der Waals surface area (Å²) < 4.78 is 5.43. The molecule has 4 N–H and O–H groups in total. The number of hydrogen-bond acceptors (Lipinski definition) is 4. The van der Waals surface area contributed by atoms with Crippen LogP contribution in [-0.2, 0) is 16.0 Å². The Labute approximate surface area is 131 Å². The molecule has 122 valence electrons. The highest BCUT2D eigenvalue weighted by atomic mass is 16.5. The third-order valence-electron chi connectivity index (χ3n) is 4.18. The Hall–Kier alpha value is -1.43. The first kappa shape index (κ1) is 16.9. The fourth-order valence-corrected chi connectivity index (χ4v) is 2.76. The first-order chi connectivity index (χ1) is 10.3. The largest absolute Gasteiger partial charge is 0.381 e. The molecule has 5 nitrogen and oxygen atoms in total. The molecule has 1 fully saturated rings. The Morgan fingerprint density at radius 1 is 1.36 bits per heavy atom. The minimum absolute atomic E-state index is 0.386. The van der Waals surface area contributed by atoms with E-state index in [9.17, 15) is 9.90 Å². The molecule has 1 atom stereocenters. The van der Waals surface area contributed by atoms with E-state index in [0.29, 0.717) is 13.2 Å². The molecule has 0 aliphatic carbocycles. The van der Waals surface area contributed by atoms with Crippen molar-refractivity contribution in [3.8, 4) is 0 Å². The van der Waals surface area contributed by atoms with E-state index in [-0.39, 0.29) is 5.54 Å². The molecule has 0 spiro atoms. The zero-order chi connectivity index (χ0) is 16.2. The smallest absolute Gasteiger partial charge is 0.251 e. The lowest BCUT2D eigenvalue weighted by atomic mass is 9.83. The summed E-state index contributed by atoms with van der Waals surface area (Å²) in [5.74, 6) is -0.412. The fourth-order valence-electron chi connectivity index (χ4n) is 2.76. The van der Waals surface area contributed by atoms with E-state index in [2.05, 4.69) is 5.32 Å². The number of carbonyl (C=O) groups excluding carboxylic acids is 1. The quantitative estimate of drug-likeness (QED) is 0.757. The predicted molar refractivity (Wildman–Crippen MR) is 85.3 cm³/mol. The van der Waals surface area contributed by atoms with Crippen molar-refractivity contribution in [1.82, 2.24) is 5.32 Å². The van der Waals surface area contributed by atoms with Crippen LogP contribution in [0.5, 0.6) is 0 Å². The zero-order valence-corrected chi connectivity index (χ0v) is 13.3. The van der Waals surface area contributed by atoms with Crippen LogP contribution in [0.25, 0.3) is 0 Å². The van der Waals surface area contributed by atoms with Gasteiger partial charge < -0.3 is 20.9 Å². The maximum atomic E-state index is 12.4. The highest BCUT2D eigenvalue weighted by Crippen LogP contribution is 2.26. The van der Waals surface area contributed by atoms with Crippen LogP contribution in [0.1, 0.15) is 32.3 Å². The first-order valence-corrected chi connectivity index (χ1v) is 7.73. The number of nitrogens with one attached hydrogen (secondary N) is 1. The van der Waals surface area contributed by atoms with Gasteiger partial charge in [0, 0.05) is 24.3 Å². The van der Waals surface area contributed by atoms with Crippen LogP contribution in [0, 0.1) is 0 Å². The molecule has 0 aromatic heterocycles. The molecular weight excluding hydrogens is 280 g/mol. The van der Waals surface area contributed by atoms with E-state index in [0.717, 1.165) is 24.8 Å². The van der Waals surface area contributed by atoms with E-state index in [1.165, 1.54) is 0 Å². The summed E-state index contributed by atoms with van der Waals surface area (Å²) in [5.41, 5.74) is 5.65. The van der Waals surface area contributed by atoms with E-state index in [4.69, 9.17) is 10.5 Å². The molecule has 1 saturated heterocycles. The molecule has 1 aliphatic rings. The number of nitrogens with two attached hydrogens (primary N) is 1. The van der Waals surface area contributed by atoms with Gasteiger partial charge in [-0.15, -0.1) is 0 Å². The van der Waals surface area contributed by atoms with Crippen molar-refractivity contribution >= 4 is 5.91 Å². The van der Waals surface area contributed by atoms with Gasteiger partial charge in [0.2, 0.25) is 0 Å². The summed E-state index contributed by atoms with van der Waals surface area (Å²) in [7, 11) is 0. The average Bonchev–Trinajstić information content (AvgIpc) is 2.47. The number of rotatable bonds is 5. The lowest BCUT2D eigenvalue weighted by Crippen LogP contribution is -2.60. The van der Waals surface area contributed by atoms with Gasteiger partial charge in [0.1, 0.15) is 6.10 Å². The minimum Gasteiger partial charge on any atom is -0.381 e. The number of benzene rings is 1. The molecule has 1 aromatic carbocycles. The van der Waals surface area contributed by atoms with E-state index in [1.807, 2.05) is 30.3 Å². The van der Waals surface area contributed by atoms with Crippen LogP contribution < -0.4 is 11.1 Å². The van der Waals surface area contributed by atoms with Gasteiger partial charge >= 0.3 is 0 Å². The van der Waals surface area contributed by atoms with Gasteiger partial charge in [-0.3, -0.25) is 4.79 Å². The average molecular weight is 306 g/mol. The highest BCUT2D eigenvalue weighted by Gasteiger charge is 2.38. The topological polar surface area (TPSA) is 84.6 Å². The van der Waals surface area contributed by atoms with Gasteiger partial charge in [-0.1, -0.05) is 30.3 Å². The van der Waals surface area contributed by atoms with Crippen LogP contribution in [-0.4, -0.2) is 41.4 Å². The molecule has 0 bridgehead atoms. The van der Waals surface area contributed by atoms with E-state index < -0.39 is 17.6 Å². The van der Waals surface area contributed by atoms with Crippen LogP contribution >= 0.6 is 0 Å². The van der Waals surface area contributed by atoms with Crippen LogP contribution in [0.3, 0.4) is 0 Å². The van der Waals surface area contributed by atoms with Crippen molar-refractivity contribution in [3.63, 3.8) is 0 Å². The summed E-state index contributed by atoms with van der Waals surface area (Å²) in [6.07, 6.45) is 0.945. The summed E-state index contributed by atoms with van der Waals surface area (Å²) in [6, 6.07) is 10.0. The monoisotopic (exact) mass is 306 g/mol. The van der Waals surface area contributed by atoms with E-state index in [1.54, 1.807) is 13.8 Å². The maximum absolute atomic E-state index is 12.4. The lowest BCUT2D eigenvalue weighted by molar-refractivity contribution is -0.135. The second-order valence-electron chi connectivity index (χ2n) is 6.77. The first-order valence-electron chi connectivity index (χ1n) is 7.73. The van der Waals surface area contributed by atoms with Crippen molar-refractivity contribution in [3.05, 3.63) is 35.9 Å². The molecule has 1 unspecified atom stereocenters. The molecule has 1 amide bonds. The number of aliphatic hydroxyl groups is 1. The number of carbonyl (C=O) groups is 1. The number of aliphatic hydroxyl groups excluding tert-OH is 1. The Balaban J connectivity index is 2.14. The summed E-state index contributed by atoms with van der Waals surface area (Å²) in [5, 5.41) is 13.1. The Morgan fingerprint density at radius 3 is 2.50 bits per heavy atom. The fraction of sp³-hybridized carbons (Fsp3) is 0.588. The Bertz CT molecular complexity index is 490. The molecule has 2 rings (SSSR count). The van der Waals surface area contributed by atoms with Gasteiger partial charge in [0.05, 0.1) is 0 Å². The summed E-state index contributed by atoms with van der Waals surface area (Å²) >= 11 is 0. The minimum atomic E-state index is -1.23. The van der Waals surface area contributed by atoms with Gasteiger partial charge in [-0.05, 0) is 38.7 Å². The van der Waals surface area contributed by atoms with Gasteiger partial charge in [0.25, 0.3) is 5.91 Å². The van der Waals surface area contributed by atoms with Crippen LogP contribution in [0.2, 0.25) is 0 Å². The Kier molecular flexibility index (Phi) is 5.21. The van der Waals surface area contributed by atoms with Crippen molar-refractivity contribution in [1.29, 1.82) is 0 Å². The zero-order valence-electron chi connectivity index (χ0n) is 13.3. The molecule has 1 aliphatic heterocycles. The summed E-state index contributed by atoms with van der Waals surface area (Å²) in [4.78, 5) is 12.4. The SMILES string of the molecule is CC(C)(N)C(O)C(=O)NC1(Cc2ccccc2)CCOCC1. The van der Waals surface area contributed by atoms with Crippen LogP contribution in [0.4, 0.5) is 0 Å². The van der Waals surface area contributed by atoms with Gasteiger partial charge in [-0.2, -0.15) is 0 Å². The standard InChI is InChI=1S/C17H26N2O3/c1-16(2,18)14(20)15(21)19-17(8-10-22-11-9-17)12-13-6-4-3-5-7-13/h3-7,14,20H,8-12,18H2,1-2H3,(H,19,21). The molecule has 1 heterocycles. The molecule has 1 aromatic rings. The van der Waals surface area contributed by atoms with Crippen LogP contribution in [0.15, 0.2) is 30.3 Å². The number of ether oxygens (including phenoxy) is 1. The van der Waals surface area contributed by atoms with Crippen molar-refractivity contribution in [2.24, 2.45) is 5.73 Å². The molecular formula is C17H26N2O3. The highest BCUT2D eigenvalue weighted by molar-refractivity contribution is 5.82. The van der Waals surface area contributed by atoms with Crippen molar-refractivity contribution < 1.29 is 14.6 Å². The molecule has 5 heteroatoms. The Morgan fingerprint density at radius 2 is 1.95 bits per heavy atom. The van der Waals surface area contributed by atoms with Gasteiger partial charge in [0.15, 0.2) is 0 Å². The molecule has 0 radical (unpaired) electrons. The second-order valence-corrected chi connectivity index (χ2v) is 6.77. The summed E-state index contributed by atoms with van der Waals surface area (Å²) in [6.45, 7) is 4.50. The normalized spacial score (nSPS) is 19.5. The third kappa shape index (κ3) is 4.29. The predicted octanol–water partition coefficient (Wildman–Crippen LogP) is 0.993. The maximum Gasteiger partial charge on any atom is 0.251 e. The number of hydrogen-bond donors (Lipinski definition) is 3. The second kappa shape index (κ2) is 6.77. The third-order valence-corrected chi connectivity index (χ3v) is 4.18. The van der Waals surface area contributed by atoms with E-state index >= 15 is 0 Å². The van der Waals surface area contributed by atoms with Gasteiger partial charge in [-0.25, -0.2) is 0 Å². The molecule has 22 heavy (non-hydrogen) atoms. The van der Waals surface area contributed by atoms with Crippen molar-refractivity contribution in [2.75, 3.05) is 13.2 Å². The van der Waals surface area contributed by atoms with Crippen molar-refractivity contribution in [2.45, 2.75) is 50.3 Å². The molecule has 0 saturated carbocycles. The number of amides is 1. The lowest BCUT2D eigenvalue weighted by Gasteiger charge is -2.40.